The predicted molar refractivity (Wildman–Crippen MR) is 150 cm³/mol. The van der Waals surface area contributed by atoms with E-state index >= 15 is 4.39 Å². The van der Waals surface area contributed by atoms with Crippen molar-refractivity contribution in [2.45, 2.75) is 46.3 Å². The number of nitrogens with zero attached hydrogens (tertiary/aromatic N) is 5. The molecule has 1 aliphatic heterocycles. The third-order valence-electron chi connectivity index (χ3n) is 7.03. The second kappa shape index (κ2) is 11.5. The summed E-state index contributed by atoms with van der Waals surface area (Å²) in [6.07, 6.45) is 3.25. The van der Waals surface area contributed by atoms with Gasteiger partial charge in [0, 0.05) is 55.8 Å². The van der Waals surface area contributed by atoms with Gasteiger partial charge in [0.15, 0.2) is 5.65 Å². The Morgan fingerprint density at radius 2 is 1.77 bits per heavy atom. The molecular formula is C30H35F2N5O2. The summed E-state index contributed by atoms with van der Waals surface area (Å²) in [4.78, 5) is 26.1. The molecule has 1 aliphatic rings. The number of amides is 1. The number of benzene rings is 2. The van der Waals surface area contributed by atoms with Crippen LogP contribution in [0.25, 0.3) is 27.8 Å². The lowest BCUT2D eigenvalue weighted by Crippen LogP contribution is -2.58. The van der Waals surface area contributed by atoms with Gasteiger partial charge in [-0.15, -0.1) is 0 Å². The van der Waals surface area contributed by atoms with E-state index in [1.165, 1.54) is 31.6 Å². The van der Waals surface area contributed by atoms with Gasteiger partial charge in [-0.1, -0.05) is 38.1 Å². The predicted octanol–water partition coefficient (Wildman–Crippen LogP) is 5.85. The Labute approximate surface area is 228 Å². The molecule has 1 saturated heterocycles. The number of rotatable bonds is 5. The number of ether oxygens (including phenoxy) is 1. The van der Waals surface area contributed by atoms with Crippen molar-refractivity contribution in [3.63, 3.8) is 0 Å². The number of halogens is 2. The minimum absolute atomic E-state index is 0.0701. The van der Waals surface area contributed by atoms with E-state index in [-0.39, 0.29) is 23.6 Å². The summed E-state index contributed by atoms with van der Waals surface area (Å²) in [6.45, 7) is 11.1. The van der Waals surface area contributed by atoms with Gasteiger partial charge >= 0.3 is 0 Å². The van der Waals surface area contributed by atoms with Gasteiger partial charge in [-0.05, 0) is 45.0 Å². The fourth-order valence-electron chi connectivity index (χ4n) is 4.88. The van der Waals surface area contributed by atoms with Crippen molar-refractivity contribution in [2.75, 3.05) is 31.6 Å². The number of aromatic nitrogens is 3. The van der Waals surface area contributed by atoms with E-state index in [1.54, 1.807) is 54.9 Å². The second-order valence-electron chi connectivity index (χ2n) is 9.78. The highest BCUT2D eigenvalue weighted by Gasteiger charge is 2.37. The molecule has 3 heterocycles. The molecule has 1 amide bonds. The quantitative estimate of drug-likeness (QED) is 0.321. The fraction of sp³-hybridized carbons (Fsp3) is 0.367. The summed E-state index contributed by atoms with van der Waals surface area (Å²) in [5.74, 6) is -0.182. The third-order valence-corrected chi connectivity index (χ3v) is 7.03. The van der Waals surface area contributed by atoms with Gasteiger partial charge in [-0.25, -0.2) is 18.7 Å². The van der Waals surface area contributed by atoms with Crippen LogP contribution in [0.15, 0.2) is 61.1 Å². The van der Waals surface area contributed by atoms with E-state index in [9.17, 15) is 9.18 Å². The highest BCUT2D eigenvalue weighted by Crippen LogP contribution is 2.38. The first-order chi connectivity index (χ1) is 18.7. The van der Waals surface area contributed by atoms with Crippen LogP contribution in [-0.4, -0.2) is 63.7 Å². The number of anilines is 1. The zero-order valence-corrected chi connectivity index (χ0v) is 23.3. The van der Waals surface area contributed by atoms with Crippen molar-refractivity contribution in [1.82, 2.24) is 19.4 Å². The van der Waals surface area contributed by atoms with Crippen LogP contribution < -0.4 is 4.90 Å². The highest BCUT2D eigenvalue weighted by molar-refractivity contribution is 6.02. The van der Waals surface area contributed by atoms with Crippen LogP contribution in [0.3, 0.4) is 0 Å². The fourth-order valence-corrected chi connectivity index (χ4v) is 4.88. The molecule has 1 unspecified atom stereocenters. The van der Waals surface area contributed by atoms with E-state index in [0.29, 0.717) is 53.3 Å². The van der Waals surface area contributed by atoms with E-state index < -0.39 is 5.60 Å². The van der Waals surface area contributed by atoms with Crippen LogP contribution in [0.4, 0.5) is 14.6 Å². The normalized spacial score (nSPS) is 15.7. The molecule has 5 rings (SSSR count). The molecule has 0 bridgehead atoms. The van der Waals surface area contributed by atoms with E-state index in [0.717, 1.165) is 0 Å². The molecule has 39 heavy (non-hydrogen) atoms. The van der Waals surface area contributed by atoms with Crippen molar-refractivity contribution in [1.29, 1.82) is 0 Å². The number of hydrogen-bond donors (Lipinski definition) is 0. The Balaban J connectivity index is 0.00000172. The Hall–Kier alpha value is -3.85. The minimum Gasteiger partial charge on any atom is -0.369 e. The number of piperazine rings is 1. The average Bonchev–Trinajstić information content (AvgIpc) is 3.34. The zero-order valence-electron chi connectivity index (χ0n) is 23.3. The SMILES string of the molecule is CC.COC(C)(C)C(=O)N1CCN(c2ncnc3c2c(-c2ccccc2F)cn3-c2cccc(F)c2)CC1C. The Bertz CT molecular complexity index is 1470. The van der Waals surface area contributed by atoms with Crippen LogP contribution in [0.1, 0.15) is 34.6 Å². The molecular weight excluding hydrogens is 500 g/mol. The van der Waals surface area contributed by atoms with Gasteiger partial charge in [0.1, 0.15) is 29.4 Å². The Morgan fingerprint density at radius 1 is 1.03 bits per heavy atom. The third kappa shape index (κ3) is 5.36. The zero-order chi connectivity index (χ0) is 28.3. The van der Waals surface area contributed by atoms with Crippen LogP contribution in [0, 0.1) is 11.6 Å². The lowest BCUT2D eigenvalue weighted by molar-refractivity contribution is -0.153. The molecule has 0 spiro atoms. The van der Waals surface area contributed by atoms with Crippen molar-refractivity contribution < 1.29 is 18.3 Å². The lowest BCUT2D eigenvalue weighted by Gasteiger charge is -2.43. The molecule has 9 heteroatoms. The number of carbonyl (C=O) groups is 1. The maximum absolute atomic E-state index is 15.0. The first kappa shape index (κ1) is 28.2. The topological polar surface area (TPSA) is 63.5 Å². The largest absolute Gasteiger partial charge is 0.369 e. The van der Waals surface area contributed by atoms with Gasteiger partial charge in [0.2, 0.25) is 0 Å². The Kier molecular flexibility index (Phi) is 8.30. The molecule has 4 aromatic rings. The summed E-state index contributed by atoms with van der Waals surface area (Å²) in [7, 11) is 1.53. The lowest BCUT2D eigenvalue weighted by atomic mass is 10.0. The summed E-state index contributed by atoms with van der Waals surface area (Å²) in [5.41, 5.74) is 1.21. The number of carbonyl (C=O) groups excluding carboxylic acids is 1. The van der Waals surface area contributed by atoms with Crippen LogP contribution in [0.2, 0.25) is 0 Å². The van der Waals surface area contributed by atoms with Crippen molar-refractivity contribution >= 4 is 22.8 Å². The first-order valence-electron chi connectivity index (χ1n) is 13.2. The van der Waals surface area contributed by atoms with Crippen molar-refractivity contribution in [2.24, 2.45) is 0 Å². The number of fused-ring (bicyclic) bond motifs is 1. The summed E-state index contributed by atoms with van der Waals surface area (Å²) < 4.78 is 36.3. The van der Waals surface area contributed by atoms with Crippen LogP contribution >= 0.6 is 0 Å². The molecule has 0 radical (unpaired) electrons. The van der Waals surface area contributed by atoms with Gasteiger partial charge in [0.05, 0.1) is 5.39 Å². The maximum atomic E-state index is 15.0. The molecule has 7 nitrogen and oxygen atoms in total. The van der Waals surface area contributed by atoms with Gasteiger partial charge < -0.3 is 19.1 Å². The van der Waals surface area contributed by atoms with E-state index in [1.807, 2.05) is 25.7 Å². The number of methoxy groups -OCH3 is 1. The minimum atomic E-state index is -0.918. The molecule has 1 fully saturated rings. The Morgan fingerprint density at radius 3 is 2.44 bits per heavy atom. The monoisotopic (exact) mass is 535 g/mol. The van der Waals surface area contributed by atoms with Gasteiger partial charge in [-0.3, -0.25) is 4.79 Å². The van der Waals surface area contributed by atoms with Gasteiger partial charge in [0.25, 0.3) is 5.91 Å². The highest BCUT2D eigenvalue weighted by atomic mass is 19.1. The summed E-state index contributed by atoms with van der Waals surface area (Å²) in [6, 6.07) is 12.6. The molecule has 2 aromatic carbocycles. The molecule has 0 N–H and O–H groups in total. The molecule has 2 aromatic heterocycles. The standard InChI is InChI=1S/C28H29F2N5O2.C2H6/c1-18-15-33(12-13-34(18)27(36)28(2,3)37-4)25-24-22(21-10-5-6-11-23(21)30)16-35(26(24)32-17-31-25)20-9-7-8-19(29)14-20;1-2/h5-11,14,16-18H,12-13,15H2,1-4H3;1-2H3. The molecule has 0 saturated carbocycles. The van der Waals surface area contributed by atoms with Crippen molar-refractivity contribution in [3.05, 3.63) is 72.7 Å². The molecule has 206 valence electrons. The molecule has 1 atom stereocenters. The molecule has 0 aliphatic carbocycles. The summed E-state index contributed by atoms with van der Waals surface area (Å²) >= 11 is 0. The second-order valence-corrected chi connectivity index (χ2v) is 9.78. The number of hydrogen-bond acceptors (Lipinski definition) is 5. The average molecular weight is 536 g/mol. The van der Waals surface area contributed by atoms with Crippen LogP contribution in [-0.2, 0) is 9.53 Å². The van der Waals surface area contributed by atoms with Gasteiger partial charge in [-0.2, -0.15) is 0 Å². The van der Waals surface area contributed by atoms with E-state index in [4.69, 9.17) is 4.74 Å². The van der Waals surface area contributed by atoms with Crippen LogP contribution in [0.5, 0.6) is 0 Å². The van der Waals surface area contributed by atoms with Crippen molar-refractivity contribution in [3.8, 4) is 16.8 Å². The van der Waals surface area contributed by atoms with E-state index in [2.05, 4.69) is 14.9 Å². The first-order valence-corrected chi connectivity index (χ1v) is 13.2. The maximum Gasteiger partial charge on any atom is 0.254 e. The summed E-state index contributed by atoms with van der Waals surface area (Å²) in [5, 5.41) is 0.668. The smallest absolute Gasteiger partial charge is 0.254 e.